The molecule has 0 radical (unpaired) electrons. The summed E-state index contributed by atoms with van der Waals surface area (Å²) in [4.78, 5) is 24.9. The number of ether oxygens (including phenoxy) is 1. The molecule has 2 N–H and O–H groups in total. The van der Waals surface area contributed by atoms with E-state index in [4.69, 9.17) is 4.74 Å². The predicted octanol–water partition coefficient (Wildman–Crippen LogP) is 2.07. The number of amides is 3. The van der Waals surface area contributed by atoms with Crippen LogP contribution in [0.2, 0.25) is 0 Å². The maximum absolute atomic E-state index is 11.9. The Bertz CT molecular complexity index is 541. The second-order valence-electron chi connectivity index (χ2n) is 5.83. The van der Waals surface area contributed by atoms with Crippen LogP contribution in [-0.4, -0.2) is 43.6 Å². The smallest absolute Gasteiger partial charge is 0.319 e. The second kappa shape index (κ2) is 7.15. The van der Waals surface area contributed by atoms with Crippen LogP contribution in [-0.2, 0) is 4.79 Å². The summed E-state index contributed by atoms with van der Waals surface area (Å²) in [6.45, 7) is 1.99. The summed E-state index contributed by atoms with van der Waals surface area (Å²) in [5.41, 5.74) is 0.635. The highest BCUT2D eigenvalue weighted by Gasteiger charge is 2.28. The first-order chi connectivity index (χ1) is 10.5. The summed E-state index contributed by atoms with van der Waals surface area (Å²) in [5.74, 6) is 1.04. The first-order valence-corrected chi connectivity index (χ1v) is 7.46. The Morgan fingerprint density at radius 1 is 1.36 bits per heavy atom. The van der Waals surface area contributed by atoms with Gasteiger partial charge in [-0.05, 0) is 37.8 Å². The van der Waals surface area contributed by atoms with Crippen LogP contribution in [0.15, 0.2) is 24.3 Å². The van der Waals surface area contributed by atoms with Gasteiger partial charge in [-0.25, -0.2) is 4.79 Å². The van der Waals surface area contributed by atoms with E-state index in [1.54, 1.807) is 38.4 Å². The Morgan fingerprint density at radius 2 is 2.09 bits per heavy atom. The zero-order valence-corrected chi connectivity index (χ0v) is 13.3. The van der Waals surface area contributed by atoms with Gasteiger partial charge in [-0.15, -0.1) is 0 Å². The number of rotatable bonds is 6. The van der Waals surface area contributed by atoms with Crippen LogP contribution in [0.1, 0.15) is 19.8 Å². The van der Waals surface area contributed by atoms with Gasteiger partial charge in [0.25, 0.3) is 5.91 Å². The van der Waals surface area contributed by atoms with E-state index in [0.29, 0.717) is 17.4 Å². The van der Waals surface area contributed by atoms with Crippen molar-refractivity contribution in [3.63, 3.8) is 0 Å². The largest absolute Gasteiger partial charge is 0.484 e. The molecule has 0 aromatic heterocycles. The lowest BCUT2D eigenvalue weighted by Crippen LogP contribution is -2.37. The van der Waals surface area contributed by atoms with E-state index in [2.05, 4.69) is 10.6 Å². The van der Waals surface area contributed by atoms with Gasteiger partial charge in [0.2, 0.25) is 0 Å². The van der Waals surface area contributed by atoms with Gasteiger partial charge in [-0.2, -0.15) is 0 Å². The standard InChI is InChI=1S/C16H23N3O3/c1-11(12-7-8-12)17-16(21)18-13-5-4-6-14(9-13)22-10-15(20)19(2)3/h4-6,9,11-12H,7-8,10H2,1-3H3,(H2,17,18,21). The van der Waals surface area contributed by atoms with Crippen LogP contribution >= 0.6 is 0 Å². The molecule has 0 bridgehead atoms. The third-order valence-electron chi connectivity index (χ3n) is 3.64. The summed E-state index contributed by atoms with van der Waals surface area (Å²) < 4.78 is 5.42. The lowest BCUT2D eigenvalue weighted by atomic mass is 10.2. The summed E-state index contributed by atoms with van der Waals surface area (Å²) >= 11 is 0. The van der Waals surface area contributed by atoms with E-state index >= 15 is 0 Å². The molecule has 1 unspecified atom stereocenters. The van der Waals surface area contributed by atoms with Gasteiger partial charge < -0.3 is 20.3 Å². The molecule has 1 aliphatic rings. The van der Waals surface area contributed by atoms with Crippen molar-refractivity contribution in [3.8, 4) is 5.75 Å². The Labute approximate surface area is 130 Å². The van der Waals surface area contributed by atoms with Gasteiger partial charge in [0.1, 0.15) is 5.75 Å². The molecule has 3 amide bonds. The highest BCUT2D eigenvalue weighted by molar-refractivity contribution is 5.89. The molecule has 6 heteroatoms. The predicted molar refractivity (Wildman–Crippen MR) is 85.0 cm³/mol. The second-order valence-corrected chi connectivity index (χ2v) is 5.83. The molecule has 1 aromatic carbocycles. The number of carbonyl (C=O) groups excluding carboxylic acids is 2. The molecule has 0 saturated heterocycles. The summed E-state index contributed by atoms with van der Waals surface area (Å²) in [7, 11) is 3.35. The summed E-state index contributed by atoms with van der Waals surface area (Å²) in [6.07, 6.45) is 2.37. The van der Waals surface area contributed by atoms with E-state index in [0.717, 1.165) is 0 Å². The molecule has 0 heterocycles. The van der Waals surface area contributed by atoms with Gasteiger partial charge in [-0.1, -0.05) is 6.07 Å². The highest BCUT2D eigenvalue weighted by atomic mass is 16.5. The van der Waals surface area contributed by atoms with Crippen LogP contribution < -0.4 is 15.4 Å². The van der Waals surface area contributed by atoms with E-state index in [1.165, 1.54) is 17.7 Å². The van der Waals surface area contributed by atoms with Crippen molar-refractivity contribution in [2.45, 2.75) is 25.8 Å². The molecule has 6 nitrogen and oxygen atoms in total. The van der Waals surface area contributed by atoms with Crippen molar-refractivity contribution in [2.75, 3.05) is 26.0 Å². The number of anilines is 1. The molecule has 2 rings (SSSR count). The first kappa shape index (κ1) is 16.1. The average molecular weight is 305 g/mol. The molecule has 0 aliphatic heterocycles. The van der Waals surface area contributed by atoms with Crippen molar-refractivity contribution in [1.82, 2.24) is 10.2 Å². The van der Waals surface area contributed by atoms with Gasteiger partial charge in [0.05, 0.1) is 0 Å². The first-order valence-electron chi connectivity index (χ1n) is 7.46. The van der Waals surface area contributed by atoms with Crippen LogP contribution in [0, 0.1) is 5.92 Å². The zero-order valence-electron chi connectivity index (χ0n) is 13.3. The lowest BCUT2D eigenvalue weighted by Gasteiger charge is -2.14. The van der Waals surface area contributed by atoms with Crippen LogP contribution in [0.3, 0.4) is 0 Å². The summed E-state index contributed by atoms with van der Waals surface area (Å²) in [5, 5.41) is 5.70. The maximum atomic E-state index is 11.9. The number of benzene rings is 1. The molecular weight excluding hydrogens is 282 g/mol. The van der Waals surface area contributed by atoms with Crippen molar-refractivity contribution >= 4 is 17.6 Å². The number of hydrogen-bond donors (Lipinski definition) is 2. The van der Waals surface area contributed by atoms with Gasteiger partial charge in [0, 0.05) is 31.9 Å². The molecule has 1 fully saturated rings. The van der Waals surface area contributed by atoms with Gasteiger partial charge in [-0.3, -0.25) is 4.79 Å². The number of hydrogen-bond acceptors (Lipinski definition) is 3. The maximum Gasteiger partial charge on any atom is 0.319 e. The fourth-order valence-electron chi connectivity index (χ4n) is 2.03. The number of likely N-dealkylation sites (N-methyl/N-ethyl adjacent to an activating group) is 1. The minimum Gasteiger partial charge on any atom is -0.484 e. The third kappa shape index (κ3) is 4.95. The fraction of sp³-hybridized carbons (Fsp3) is 0.500. The van der Waals surface area contributed by atoms with Crippen LogP contribution in [0.25, 0.3) is 0 Å². The third-order valence-corrected chi connectivity index (χ3v) is 3.64. The van der Waals surface area contributed by atoms with Gasteiger partial charge >= 0.3 is 6.03 Å². The molecule has 22 heavy (non-hydrogen) atoms. The topological polar surface area (TPSA) is 70.7 Å². The van der Waals surface area contributed by atoms with Crippen LogP contribution in [0.4, 0.5) is 10.5 Å². The minimum atomic E-state index is -0.221. The molecule has 1 aromatic rings. The molecule has 1 saturated carbocycles. The molecule has 120 valence electrons. The number of urea groups is 1. The van der Waals surface area contributed by atoms with E-state index < -0.39 is 0 Å². The van der Waals surface area contributed by atoms with E-state index in [9.17, 15) is 9.59 Å². The van der Waals surface area contributed by atoms with E-state index in [1.807, 2.05) is 6.92 Å². The highest BCUT2D eigenvalue weighted by Crippen LogP contribution is 2.32. The Kier molecular flexibility index (Phi) is 5.25. The fourth-order valence-corrected chi connectivity index (χ4v) is 2.03. The molecular formula is C16H23N3O3. The molecule has 1 atom stereocenters. The number of carbonyl (C=O) groups is 2. The quantitative estimate of drug-likeness (QED) is 0.845. The number of nitrogens with one attached hydrogen (secondary N) is 2. The minimum absolute atomic E-state index is 0.0264. The van der Waals surface area contributed by atoms with Crippen molar-refractivity contribution in [3.05, 3.63) is 24.3 Å². The Morgan fingerprint density at radius 3 is 2.73 bits per heavy atom. The monoisotopic (exact) mass is 305 g/mol. The molecule has 0 spiro atoms. The zero-order chi connectivity index (χ0) is 16.1. The van der Waals surface area contributed by atoms with Crippen molar-refractivity contribution in [2.24, 2.45) is 5.92 Å². The summed E-state index contributed by atoms with van der Waals surface area (Å²) in [6, 6.07) is 6.97. The molecule has 1 aliphatic carbocycles. The average Bonchev–Trinajstić information content (AvgIpc) is 3.29. The Hall–Kier alpha value is -2.24. The normalized spacial score (nSPS) is 14.9. The van der Waals surface area contributed by atoms with Gasteiger partial charge in [0.15, 0.2) is 6.61 Å². The number of nitrogens with zero attached hydrogens (tertiary/aromatic N) is 1. The van der Waals surface area contributed by atoms with Crippen molar-refractivity contribution in [1.29, 1.82) is 0 Å². The van der Waals surface area contributed by atoms with E-state index in [-0.39, 0.29) is 24.6 Å². The Balaban J connectivity index is 1.84. The van der Waals surface area contributed by atoms with Crippen LogP contribution in [0.5, 0.6) is 5.75 Å². The van der Waals surface area contributed by atoms with Crippen molar-refractivity contribution < 1.29 is 14.3 Å². The lowest BCUT2D eigenvalue weighted by molar-refractivity contribution is -0.130. The SMILES string of the molecule is CC(NC(=O)Nc1cccc(OCC(=O)N(C)C)c1)C1CC1.